The van der Waals surface area contributed by atoms with Crippen LogP contribution in [0.15, 0.2) is 40.8 Å². The average molecular weight is 445 g/mol. The zero-order valence-corrected chi connectivity index (χ0v) is 18.9. The predicted octanol–water partition coefficient (Wildman–Crippen LogP) is 4.82. The Morgan fingerprint density at radius 2 is 2.13 bits per heavy atom. The summed E-state index contributed by atoms with van der Waals surface area (Å²) in [6, 6.07) is 5.64. The van der Waals surface area contributed by atoms with Gasteiger partial charge < -0.3 is 9.47 Å². The van der Waals surface area contributed by atoms with E-state index in [1.807, 2.05) is 31.2 Å². The largest absolute Gasteiger partial charge is 0.493 e. The number of hydrogen-bond acceptors (Lipinski definition) is 8. The first-order valence-corrected chi connectivity index (χ1v) is 11.2. The summed E-state index contributed by atoms with van der Waals surface area (Å²) < 4.78 is 11.2. The molecule has 30 heavy (non-hydrogen) atoms. The van der Waals surface area contributed by atoms with Crippen LogP contribution in [0.3, 0.4) is 0 Å². The molecule has 158 valence electrons. The zero-order chi connectivity index (χ0) is 21.5. The molecule has 1 aliphatic heterocycles. The van der Waals surface area contributed by atoms with Gasteiger partial charge >= 0.3 is 0 Å². The van der Waals surface area contributed by atoms with Crippen molar-refractivity contribution in [1.29, 1.82) is 0 Å². The van der Waals surface area contributed by atoms with Crippen molar-refractivity contribution in [1.82, 2.24) is 15.1 Å². The highest BCUT2D eigenvalue weighted by atomic mass is 32.2. The summed E-state index contributed by atoms with van der Waals surface area (Å²) in [4.78, 5) is 19.6. The number of nitrogens with zero attached hydrogens (tertiary/aromatic N) is 4. The average Bonchev–Trinajstić information content (AvgIpc) is 3.27. The summed E-state index contributed by atoms with van der Waals surface area (Å²) in [6.45, 7) is 8.73. The Hall–Kier alpha value is -2.65. The first-order valence-electron chi connectivity index (χ1n) is 9.57. The molecule has 0 N–H and O–H groups in total. The second-order valence-corrected chi connectivity index (χ2v) is 8.59. The van der Waals surface area contributed by atoms with Crippen molar-refractivity contribution >= 4 is 45.4 Å². The zero-order valence-electron chi connectivity index (χ0n) is 17.3. The van der Waals surface area contributed by atoms with Gasteiger partial charge in [-0.1, -0.05) is 36.8 Å². The SMILES string of the molecule is C=CCN1C(=O)/C(=C/c2ccc(OCCCC)c(OC)c2)S/C1=N/c1nnc(C)s1. The lowest BCUT2D eigenvalue weighted by molar-refractivity contribution is -0.121. The van der Waals surface area contributed by atoms with Crippen molar-refractivity contribution < 1.29 is 14.3 Å². The maximum Gasteiger partial charge on any atom is 0.267 e. The normalized spacial score (nSPS) is 16.5. The highest BCUT2D eigenvalue weighted by molar-refractivity contribution is 8.18. The number of carbonyl (C=O) groups is 1. The van der Waals surface area contributed by atoms with E-state index in [2.05, 4.69) is 28.7 Å². The number of thioether (sulfide) groups is 1. The second kappa shape index (κ2) is 10.4. The van der Waals surface area contributed by atoms with E-state index >= 15 is 0 Å². The van der Waals surface area contributed by atoms with Gasteiger partial charge in [0.15, 0.2) is 16.7 Å². The van der Waals surface area contributed by atoms with Crippen LogP contribution in [-0.4, -0.2) is 46.4 Å². The Bertz CT molecular complexity index is 984. The number of aromatic nitrogens is 2. The molecule has 1 aliphatic rings. The topological polar surface area (TPSA) is 76.9 Å². The standard InChI is InChI=1S/C21H24N4O3S2/c1-5-7-11-28-16-9-8-15(12-17(16)27-4)13-18-19(26)25(10-6-2)21(30-18)22-20-24-23-14(3)29-20/h6,8-9,12-13H,2,5,7,10-11H2,1,3-4H3/b18-13-,22-21+. The Kier molecular flexibility index (Phi) is 7.64. The lowest BCUT2D eigenvalue weighted by atomic mass is 10.2. The van der Waals surface area contributed by atoms with E-state index in [9.17, 15) is 4.79 Å². The number of carbonyl (C=O) groups excluding carboxylic acids is 1. The fourth-order valence-corrected chi connectivity index (χ4v) is 4.27. The first-order chi connectivity index (χ1) is 14.5. The summed E-state index contributed by atoms with van der Waals surface area (Å²) in [5.41, 5.74) is 0.845. The predicted molar refractivity (Wildman–Crippen MR) is 123 cm³/mol. The molecule has 1 aromatic heterocycles. The van der Waals surface area contributed by atoms with Crippen molar-refractivity contribution in [3.05, 3.63) is 46.3 Å². The van der Waals surface area contributed by atoms with Gasteiger partial charge in [0.05, 0.1) is 18.6 Å². The number of amides is 1. The van der Waals surface area contributed by atoms with Crippen molar-refractivity contribution in [2.24, 2.45) is 4.99 Å². The van der Waals surface area contributed by atoms with E-state index in [4.69, 9.17) is 9.47 Å². The quantitative estimate of drug-likeness (QED) is 0.313. The number of benzene rings is 1. The van der Waals surface area contributed by atoms with Crippen LogP contribution in [0.4, 0.5) is 5.13 Å². The number of rotatable bonds is 9. The molecule has 0 unspecified atom stereocenters. The molecule has 0 radical (unpaired) electrons. The Labute approximate surface area is 184 Å². The van der Waals surface area contributed by atoms with Crippen molar-refractivity contribution in [3.8, 4) is 11.5 Å². The lowest BCUT2D eigenvalue weighted by Crippen LogP contribution is -2.29. The fourth-order valence-electron chi connectivity index (χ4n) is 2.67. The van der Waals surface area contributed by atoms with Crippen LogP contribution in [0, 0.1) is 6.92 Å². The highest BCUT2D eigenvalue weighted by Gasteiger charge is 2.33. The number of unbranched alkanes of at least 4 members (excludes halogenated alkanes) is 1. The monoisotopic (exact) mass is 444 g/mol. The molecule has 0 atom stereocenters. The molecule has 2 aromatic rings. The minimum atomic E-state index is -0.123. The van der Waals surface area contributed by atoms with E-state index < -0.39 is 0 Å². The third kappa shape index (κ3) is 5.28. The molecule has 1 amide bonds. The summed E-state index contributed by atoms with van der Waals surface area (Å²) in [6.07, 6.45) is 5.55. The molecule has 2 heterocycles. The summed E-state index contributed by atoms with van der Waals surface area (Å²) >= 11 is 2.69. The van der Waals surface area contributed by atoms with E-state index in [-0.39, 0.29) is 5.91 Å². The van der Waals surface area contributed by atoms with Gasteiger partial charge in [-0.15, -0.1) is 16.8 Å². The lowest BCUT2D eigenvalue weighted by Gasteiger charge is -2.12. The molecule has 0 aliphatic carbocycles. The van der Waals surface area contributed by atoms with Gasteiger partial charge in [-0.25, -0.2) is 0 Å². The van der Waals surface area contributed by atoms with E-state index in [1.54, 1.807) is 18.1 Å². The number of aliphatic imine (C=N–C) groups is 1. The molecule has 1 fully saturated rings. The molecule has 0 saturated carbocycles. The van der Waals surface area contributed by atoms with E-state index in [0.717, 1.165) is 23.4 Å². The van der Waals surface area contributed by atoms with Gasteiger partial charge in [0.2, 0.25) is 5.13 Å². The van der Waals surface area contributed by atoms with E-state index in [1.165, 1.54) is 23.1 Å². The van der Waals surface area contributed by atoms with Crippen LogP contribution in [0.2, 0.25) is 0 Å². The van der Waals surface area contributed by atoms with Gasteiger partial charge in [0.25, 0.3) is 5.91 Å². The van der Waals surface area contributed by atoms with Gasteiger partial charge in [-0.05, 0) is 48.9 Å². The Balaban J connectivity index is 1.86. The van der Waals surface area contributed by atoms with Crippen molar-refractivity contribution in [2.75, 3.05) is 20.3 Å². The number of hydrogen-bond donors (Lipinski definition) is 0. The minimum Gasteiger partial charge on any atom is -0.493 e. The van der Waals surface area contributed by atoms with Gasteiger partial charge in [0.1, 0.15) is 5.01 Å². The van der Waals surface area contributed by atoms with Crippen molar-refractivity contribution in [2.45, 2.75) is 26.7 Å². The van der Waals surface area contributed by atoms with E-state index in [0.29, 0.717) is 39.9 Å². The summed E-state index contributed by atoms with van der Waals surface area (Å²) in [5, 5.41) is 9.91. The summed E-state index contributed by atoms with van der Waals surface area (Å²) in [5.74, 6) is 1.21. The molecule has 7 nitrogen and oxygen atoms in total. The Morgan fingerprint density at radius 1 is 1.30 bits per heavy atom. The molecule has 0 bridgehead atoms. The third-order valence-electron chi connectivity index (χ3n) is 4.15. The maximum atomic E-state index is 12.9. The molecule has 1 saturated heterocycles. The van der Waals surface area contributed by atoms with Crippen molar-refractivity contribution in [3.63, 3.8) is 0 Å². The highest BCUT2D eigenvalue weighted by Crippen LogP contribution is 2.36. The van der Waals surface area contributed by atoms with Crippen LogP contribution in [0.1, 0.15) is 30.3 Å². The molecular formula is C21H24N4O3S2. The number of ether oxygens (including phenoxy) is 2. The van der Waals surface area contributed by atoms with Gasteiger partial charge in [-0.3, -0.25) is 9.69 Å². The van der Waals surface area contributed by atoms with Gasteiger partial charge in [-0.2, -0.15) is 4.99 Å². The Morgan fingerprint density at radius 3 is 2.80 bits per heavy atom. The molecule has 9 heteroatoms. The molecule has 0 spiro atoms. The van der Waals surface area contributed by atoms with Crippen LogP contribution in [0.25, 0.3) is 6.08 Å². The third-order valence-corrected chi connectivity index (χ3v) is 5.89. The minimum absolute atomic E-state index is 0.123. The molecule has 3 rings (SSSR count). The van der Waals surface area contributed by atoms with Crippen LogP contribution >= 0.6 is 23.1 Å². The number of methoxy groups -OCH3 is 1. The summed E-state index contributed by atoms with van der Waals surface area (Å²) in [7, 11) is 1.61. The smallest absolute Gasteiger partial charge is 0.267 e. The first kappa shape index (κ1) is 22.0. The maximum absolute atomic E-state index is 12.9. The molecular weight excluding hydrogens is 420 g/mol. The van der Waals surface area contributed by atoms with Crippen LogP contribution < -0.4 is 9.47 Å². The number of aryl methyl sites for hydroxylation is 1. The van der Waals surface area contributed by atoms with Gasteiger partial charge in [0, 0.05) is 6.54 Å². The van der Waals surface area contributed by atoms with Crippen LogP contribution in [0.5, 0.6) is 11.5 Å². The fraction of sp³-hybridized carbons (Fsp3) is 0.333. The second-order valence-electron chi connectivity index (χ2n) is 6.43. The van der Waals surface area contributed by atoms with Crippen LogP contribution in [-0.2, 0) is 4.79 Å². The number of amidine groups is 1. The molecule has 1 aromatic carbocycles.